The van der Waals surface area contributed by atoms with Crippen LogP contribution in [0.2, 0.25) is 0 Å². The Hall–Kier alpha value is -3.01. The highest BCUT2D eigenvalue weighted by Crippen LogP contribution is 2.32. The standard InChI is InChI=1S/C24H27N3O5S/c1-3-32-19-8-9-20-21(16-19)33-24(25-20)27(11-10-26-12-14-31-15-13-26)22(28)17-4-6-18(7-5-17)23(29)30-2/h4-9,16H,3,10-15H2,1-2H3. The Morgan fingerprint density at radius 1 is 1.12 bits per heavy atom. The number of aromatic nitrogens is 1. The van der Waals surface area contributed by atoms with Crippen LogP contribution in [-0.2, 0) is 9.47 Å². The lowest BCUT2D eigenvalue weighted by Gasteiger charge is -2.29. The summed E-state index contributed by atoms with van der Waals surface area (Å²) in [5.41, 5.74) is 1.71. The Morgan fingerprint density at radius 3 is 2.55 bits per heavy atom. The minimum absolute atomic E-state index is 0.163. The molecule has 1 aliphatic rings. The first kappa shape index (κ1) is 23.2. The molecule has 0 saturated carbocycles. The highest BCUT2D eigenvalue weighted by molar-refractivity contribution is 7.22. The van der Waals surface area contributed by atoms with E-state index in [-0.39, 0.29) is 5.91 Å². The number of amides is 1. The summed E-state index contributed by atoms with van der Waals surface area (Å²) < 4.78 is 16.8. The Kier molecular flexibility index (Phi) is 7.54. The Labute approximate surface area is 196 Å². The van der Waals surface area contributed by atoms with Crippen LogP contribution in [0.3, 0.4) is 0 Å². The van der Waals surface area contributed by atoms with Crippen LogP contribution >= 0.6 is 11.3 Å². The lowest BCUT2D eigenvalue weighted by Crippen LogP contribution is -2.43. The molecule has 0 atom stereocenters. The number of hydrogen-bond donors (Lipinski definition) is 0. The number of nitrogens with zero attached hydrogens (tertiary/aromatic N) is 3. The number of methoxy groups -OCH3 is 1. The van der Waals surface area contributed by atoms with Crippen LogP contribution in [0.15, 0.2) is 42.5 Å². The van der Waals surface area contributed by atoms with Gasteiger partial charge in [0, 0.05) is 31.7 Å². The predicted octanol–water partition coefficient (Wildman–Crippen LogP) is 3.46. The van der Waals surface area contributed by atoms with Crippen LogP contribution in [0.25, 0.3) is 10.2 Å². The van der Waals surface area contributed by atoms with E-state index in [4.69, 9.17) is 19.2 Å². The van der Waals surface area contributed by atoms with Crippen molar-refractivity contribution in [3.63, 3.8) is 0 Å². The van der Waals surface area contributed by atoms with Crippen LogP contribution < -0.4 is 9.64 Å². The van der Waals surface area contributed by atoms with E-state index >= 15 is 0 Å². The Balaban J connectivity index is 1.61. The molecule has 1 amide bonds. The van der Waals surface area contributed by atoms with Gasteiger partial charge < -0.3 is 14.2 Å². The minimum Gasteiger partial charge on any atom is -0.494 e. The number of anilines is 1. The Bertz CT molecular complexity index is 1110. The Morgan fingerprint density at radius 2 is 1.85 bits per heavy atom. The molecule has 174 valence electrons. The van der Waals surface area contributed by atoms with E-state index in [1.54, 1.807) is 29.2 Å². The maximum Gasteiger partial charge on any atom is 0.337 e. The average molecular weight is 470 g/mol. The number of hydrogen-bond acceptors (Lipinski definition) is 8. The van der Waals surface area contributed by atoms with Gasteiger partial charge in [-0.05, 0) is 49.4 Å². The molecule has 0 N–H and O–H groups in total. The molecule has 0 aliphatic carbocycles. The fourth-order valence-electron chi connectivity index (χ4n) is 3.64. The SMILES string of the molecule is CCOc1ccc2nc(N(CCN3CCOCC3)C(=O)c3ccc(C(=O)OC)cc3)sc2c1. The summed E-state index contributed by atoms with van der Waals surface area (Å²) in [5.74, 6) is 0.183. The average Bonchev–Trinajstić information content (AvgIpc) is 3.27. The molecule has 1 fully saturated rings. The third kappa shape index (κ3) is 5.50. The number of ether oxygens (including phenoxy) is 3. The lowest BCUT2D eigenvalue weighted by atomic mass is 10.1. The van der Waals surface area contributed by atoms with E-state index in [0.29, 0.717) is 42.6 Å². The van der Waals surface area contributed by atoms with Crippen molar-refractivity contribution in [2.75, 3.05) is 58.0 Å². The molecule has 0 spiro atoms. The summed E-state index contributed by atoms with van der Waals surface area (Å²) in [6, 6.07) is 12.3. The van der Waals surface area contributed by atoms with Gasteiger partial charge in [0.1, 0.15) is 5.75 Å². The maximum atomic E-state index is 13.5. The van der Waals surface area contributed by atoms with Gasteiger partial charge in [-0.15, -0.1) is 0 Å². The highest BCUT2D eigenvalue weighted by atomic mass is 32.1. The van der Waals surface area contributed by atoms with Gasteiger partial charge in [0.15, 0.2) is 5.13 Å². The van der Waals surface area contributed by atoms with E-state index < -0.39 is 5.97 Å². The lowest BCUT2D eigenvalue weighted by molar-refractivity contribution is 0.0391. The van der Waals surface area contributed by atoms with Gasteiger partial charge in [0.05, 0.1) is 42.7 Å². The molecule has 0 bridgehead atoms. The van der Waals surface area contributed by atoms with Crippen LogP contribution in [0.5, 0.6) is 5.75 Å². The third-order valence-corrected chi connectivity index (χ3v) is 6.47. The first-order chi connectivity index (χ1) is 16.1. The van der Waals surface area contributed by atoms with Gasteiger partial charge in [0.25, 0.3) is 5.91 Å². The summed E-state index contributed by atoms with van der Waals surface area (Å²) >= 11 is 1.46. The minimum atomic E-state index is -0.436. The molecule has 3 aromatic rings. The van der Waals surface area contributed by atoms with Gasteiger partial charge in [-0.25, -0.2) is 9.78 Å². The molecule has 1 aliphatic heterocycles. The molecule has 0 unspecified atom stereocenters. The van der Waals surface area contributed by atoms with E-state index in [2.05, 4.69) is 4.90 Å². The van der Waals surface area contributed by atoms with E-state index in [9.17, 15) is 9.59 Å². The van der Waals surface area contributed by atoms with Crippen molar-refractivity contribution in [2.45, 2.75) is 6.92 Å². The normalized spacial score (nSPS) is 14.2. The predicted molar refractivity (Wildman–Crippen MR) is 128 cm³/mol. The van der Waals surface area contributed by atoms with Gasteiger partial charge >= 0.3 is 5.97 Å². The number of rotatable bonds is 8. The first-order valence-corrected chi connectivity index (χ1v) is 11.7. The van der Waals surface area contributed by atoms with Crippen molar-refractivity contribution in [3.05, 3.63) is 53.6 Å². The van der Waals surface area contributed by atoms with Crippen molar-refractivity contribution in [1.29, 1.82) is 0 Å². The molecule has 33 heavy (non-hydrogen) atoms. The van der Waals surface area contributed by atoms with Crippen LogP contribution in [0, 0.1) is 0 Å². The molecule has 2 aromatic carbocycles. The zero-order valence-electron chi connectivity index (χ0n) is 18.8. The summed E-state index contributed by atoms with van der Waals surface area (Å²) in [4.78, 5) is 34.0. The molecular weight excluding hydrogens is 442 g/mol. The molecule has 0 radical (unpaired) electrons. The number of benzene rings is 2. The topological polar surface area (TPSA) is 81.2 Å². The van der Waals surface area contributed by atoms with Gasteiger partial charge in [0.2, 0.25) is 0 Å². The molecule has 4 rings (SSSR count). The number of carbonyl (C=O) groups is 2. The number of thiazole rings is 1. The smallest absolute Gasteiger partial charge is 0.337 e. The highest BCUT2D eigenvalue weighted by Gasteiger charge is 2.23. The summed E-state index contributed by atoms with van der Waals surface area (Å²) in [5, 5.41) is 0.633. The van der Waals surface area contributed by atoms with Crippen LogP contribution in [0.1, 0.15) is 27.6 Å². The monoisotopic (exact) mass is 469 g/mol. The maximum absolute atomic E-state index is 13.5. The number of esters is 1. The van der Waals surface area contributed by atoms with Crippen LogP contribution in [0.4, 0.5) is 5.13 Å². The number of carbonyl (C=O) groups excluding carboxylic acids is 2. The molecule has 2 heterocycles. The van der Waals surface area contributed by atoms with Crippen molar-refractivity contribution < 1.29 is 23.8 Å². The van der Waals surface area contributed by atoms with E-state index in [1.165, 1.54) is 18.4 Å². The molecular formula is C24H27N3O5S. The van der Waals surface area contributed by atoms with Crippen LogP contribution in [-0.4, -0.2) is 74.9 Å². The molecule has 9 heteroatoms. The van der Waals surface area contributed by atoms with E-state index in [1.807, 2.05) is 25.1 Å². The summed E-state index contributed by atoms with van der Waals surface area (Å²) in [6.07, 6.45) is 0. The number of fused-ring (bicyclic) bond motifs is 1. The van der Waals surface area contributed by atoms with E-state index in [0.717, 1.165) is 35.6 Å². The molecule has 1 aromatic heterocycles. The van der Waals surface area contributed by atoms with Gasteiger partial charge in [-0.1, -0.05) is 11.3 Å². The van der Waals surface area contributed by atoms with Gasteiger partial charge in [-0.3, -0.25) is 14.6 Å². The van der Waals surface area contributed by atoms with Crippen molar-refractivity contribution in [1.82, 2.24) is 9.88 Å². The summed E-state index contributed by atoms with van der Waals surface area (Å²) in [6.45, 7) is 6.82. The van der Waals surface area contributed by atoms with Crippen molar-refractivity contribution in [3.8, 4) is 5.75 Å². The number of morpholine rings is 1. The first-order valence-electron chi connectivity index (χ1n) is 10.9. The third-order valence-electron chi connectivity index (χ3n) is 5.43. The second-order valence-corrected chi connectivity index (χ2v) is 8.55. The largest absolute Gasteiger partial charge is 0.494 e. The fraction of sp³-hybridized carbons (Fsp3) is 0.375. The summed E-state index contributed by atoms with van der Waals surface area (Å²) in [7, 11) is 1.33. The zero-order chi connectivity index (χ0) is 23.2. The fourth-order valence-corrected chi connectivity index (χ4v) is 4.66. The molecule has 8 nitrogen and oxygen atoms in total. The van der Waals surface area contributed by atoms with Gasteiger partial charge in [-0.2, -0.15) is 0 Å². The second-order valence-electron chi connectivity index (χ2n) is 7.54. The zero-order valence-corrected chi connectivity index (χ0v) is 19.6. The second kappa shape index (κ2) is 10.7. The van der Waals surface area contributed by atoms with Crippen molar-refractivity contribution in [2.24, 2.45) is 0 Å². The van der Waals surface area contributed by atoms with Crippen molar-refractivity contribution >= 4 is 38.6 Å². The quantitative estimate of drug-likeness (QED) is 0.467. The molecule has 1 saturated heterocycles.